The van der Waals surface area contributed by atoms with Crippen LogP contribution >= 0.6 is 0 Å². The molecule has 0 unspecified atom stereocenters. The second-order valence-corrected chi connectivity index (χ2v) is 8.82. The van der Waals surface area contributed by atoms with E-state index in [9.17, 15) is 13.2 Å². The van der Waals surface area contributed by atoms with Crippen molar-refractivity contribution >= 4 is 32.6 Å². The van der Waals surface area contributed by atoms with E-state index in [-0.39, 0.29) is 17.2 Å². The number of hydrogen-bond acceptors (Lipinski definition) is 5. The van der Waals surface area contributed by atoms with Crippen molar-refractivity contribution in [3.8, 4) is 5.75 Å². The van der Waals surface area contributed by atoms with Gasteiger partial charge in [0.15, 0.2) is 0 Å². The predicted molar refractivity (Wildman–Crippen MR) is 116 cm³/mol. The van der Waals surface area contributed by atoms with E-state index in [1.807, 2.05) is 12.1 Å². The third-order valence-corrected chi connectivity index (χ3v) is 7.20. The molecule has 0 aliphatic rings. The zero-order valence-electron chi connectivity index (χ0n) is 17.6. The Labute approximate surface area is 176 Å². The standard InChI is InChI=1S/C22H26N2O5S/c1-5-24(6-2)30(26,27)21-12-17(8-7-15(21)3)23-22(25)11-16-14-29-20-13-18(28-4)9-10-19(16)20/h7-10,12-14H,5-6,11H2,1-4H3,(H,23,25). The Morgan fingerprint density at radius 3 is 2.53 bits per heavy atom. The van der Waals surface area contributed by atoms with Gasteiger partial charge in [-0.3, -0.25) is 4.79 Å². The molecule has 0 bridgehead atoms. The average Bonchev–Trinajstić information content (AvgIpc) is 3.11. The number of carbonyl (C=O) groups is 1. The van der Waals surface area contributed by atoms with Gasteiger partial charge in [0.1, 0.15) is 11.3 Å². The average molecular weight is 431 g/mol. The van der Waals surface area contributed by atoms with Crippen LogP contribution in [0, 0.1) is 6.92 Å². The summed E-state index contributed by atoms with van der Waals surface area (Å²) in [5, 5.41) is 3.63. The topological polar surface area (TPSA) is 88.9 Å². The summed E-state index contributed by atoms with van der Waals surface area (Å²) >= 11 is 0. The maximum atomic E-state index is 12.9. The van der Waals surface area contributed by atoms with Crippen LogP contribution in [-0.4, -0.2) is 38.8 Å². The summed E-state index contributed by atoms with van der Waals surface area (Å²) in [6.07, 6.45) is 1.65. The molecule has 0 radical (unpaired) electrons. The highest BCUT2D eigenvalue weighted by Crippen LogP contribution is 2.27. The van der Waals surface area contributed by atoms with Crippen LogP contribution in [0.1, 0.15) is 25.0 Å². The van der Waals surface area contributed by atoms with E-state index in [1.165, 1.54) is 10.4 Å². The minimum atomic E-state index is -3.62. The van der Waals surface area contributed by atoms with Gasteiger partial charge < -0.3 is 14.5 Å². The Hall–Kier alpha value is -2.84. The number of aryl methyl sites for hydroxylation is 1. The van der Waals surface area contributed by atoms with Gasteiger partial charge in [0.05, 0.1) is 24.7 Å². The molecule has 3 aromatic rings. The predicted octanol–water partition coefficient (Wildman–Crippen LogP) is 3.96. The van der Waals surface area contributed by atoms with Crippen molar-refractivity contribution in [3.05, 3.63) is 53.8 Å². The monoisotopic (exact) mass is 430 g/mol. The lowest BCUT2D eigenvalue weighted by molar-refractivity contribution is -0.115. The Morgan fingerprint density at radius 1 is 1.13 bits per heavy atom. The molecule has 8 heteroatoms. The first-order valence-corrected chi connectivity index (χ1v) is 11.2. The molecule has 0 saturated heterocycles. The summed E-state index contributed by atoms with van der Waals surface area (Å²) in [6.45, 7) is 6.11. The van der Waals surface area contributed by atoms with Crippen molar-refractivity contribution in [3.63, 3.8) is 0 Å². The molecule has 3 rings (SSSR count). The van der Waals surface area contributed by atoms with Crippen LogP contribution in [0.25, 0.3) is 11.0 Å². The number of hydrogen-bond donors (Lipinski definition) is 1. The van der Waals surface area contributed by atoms with Crippen molar-refractivity contribution in [2.75, 3.05) is 25.5 Å². The number of methoxy groups -OCH3 is 1. The number of amides is 1. The van der Waals surface area contributed by atoms with Gasteiger partial charge in [-0.25, -0.2) is 8.42 Å². The van der Waals surface area contributed by atoms with Crippen LogP contribution < -0.4 is 10.1 Å². The summed E-state index contributed by atoms with van der Waals surface area (Å²) in [6, 6.07) is 10.3. The molecule has 0 aliphatic heterocycles. The zero-order valence-corrected chi connectivity index (χ0v) is 18.4. The number of nitrogens with zero attached hydrogens (tertiary/aromatic N) is 1. The normalized spacial score (nSPS) is 11.8. The van der Waals surface area contributed by atoms with Crippen LogP contribution in [0.3, 0.4) is 0 Å². The summed E-state index contributed by atoms with van der Waals surface area (Å²) in [5.74, 6) is 0.415. The number of anilines is 1. The molecule has 1 amide bonds. The first-order chi connectivity index (χ1) is 14.3. The van der Waals surface area contributed by atoms with Gasteiger partial charge in [0, 0.05) is 35.8 Å². The lowest BCUT2D eigenvalue weighted by Gasteiger charge is -2.20. The second-order valence-electron chi connectivity index (χ2n) is 6.92. The van der Waals surface area contributed by atoms with Crippen molar-refractivity contribution in [2.45, 2.75) is 32.1 Å². The maximum Gasteiger partial charge on any atom is 0.243 e. The third kappa shape index (κ3) is 4.34. The van der Waals surface area contributed by atoms with Gasteiger partial charge in [-0.15, -0.1) is 0 Å². The maximum absolute atomic E-state index is 12.9. The number of carbonyl (C=O) groups excluding carboxylic acids is 1. The molecule has 1 heterocycles. The summed E-state index contributed by atoms with van der Waals surface area (Å²) in [5.41, 5.74) is 2.45. The van der Waals surface area contributed by atoms with E-state index in [0.29, 0.717) is 35.7 Å². The molecule has 0 spiro atoms. The molecule has 0 aliphatic carbocycles. The van der Waals surface area contributed by atoms with Crippen molar-refractivity contribution in [1.82, 2.24) is 4.31 Å². The lowest BCUT2D eigenvalue weighted by atomic mass is 10.1. The van der Waals surface area contributed by atoms with Gasteiger partial charge >= 0.3 is 0 Å². The Bertz CT molecular complexity index is 1160. The molecule has 7 nitrogen and oxygen atoms in total. The highest BCUT2D eigenvalue weighted by molar-refractivity contribution is 7.89. The molecule has 1 aromatic heterocycles. The number of benzene rings is 2. The summed E-state index contributed by atoms with van der Waals surface area (Å²) in [4.78, 5) is 12.8. The number of nitrogens with one attached hydrogen (secondary N) is 1. The smallest absolute Gasteiger partial charge is 0.243 e. The van der Waals surface area contributed by atoms with Gasteiger partial charge in [0.2, 0.25) is 15.9 Å². The molecular weight excluding hydrogens is 404 g/mol. The number of ether oxygens (including phenoxy) is 1. The Balaban J connectivity index is 1.81. The first-order valence-electron chi connectivity index (χ1n) is 9.74. The third-order valence-electron chi connectivity index (χ3n) is 5.01. The van der Waals surface area contributed by atoms with Crippen LogP contribution in [0.4, 0.5) is 5.69 Å². The van der Waals surface area contributed by atoms with Crippen molar-refractivity contribution < 1.29 is 22.4 Å². The minimum Gasteiger partial charge on any atom is -0.497 e. The molecule has 0 atom stereocenters. The number of sulfonamides is 1. The highest BCUT2D eigenvalue weighted by atomic mass is 32.2. The van der Waals surface area contributed by atoms with E-state index in [2.05, 4.69) is 5.32 Å². The van der Waals surface area contributed by atoms with Crippen LogP contribution in [0.15, 0.2) is 52.0 Å². The number of furan rings is 1. The molecule has 160 valence electrons. The van der Waals surface area contributed by atoms with E-state index < -0.39 is 10.0 Å². The quantitative estimate of drug-likeness (QED) is 0.584. The van der Waals surface area contributed by atoms with Gasteiger partial charge in [0.25, 0.3) is 0 Å². The fourth-order valence-electron chi connectivity index (χ4n) is 3.36. The van der Waals surface area contributed by atoms with Gasteiger partial charge in [-0.05, 0) is 36.8 Å². The molecule has 30 heavy (non-hydrogen) atoms. The molecule has 0 saturated carbocycles. The van der Waals surface area contributed by atoms with Crippen molar-refractivity contribution in [1.29, 1.82) is 0 Å². The fraction of sp³-hybridized carbons (Fsp3) is 0.318. The SMILES string of the molecule is CCN(CC)S(=O)(=O)c1cc(NC(=O)Cc2coc3cc(OC)ccc23)ccc1C. The van der Waals surface area contributed by atoms with E-state index in [1.54, 1.807) is 52.3 Å². The Kier molecular flexibility index (Phi) is 6.48. The Morgan fingerprint density at radius 2 is 1.87 bits per heavy atom. The first kappa shape index (κ1) is 21.9. The zero-order chi connectivity index (χ0) is 21.9. The largest absolute Gasteiger partial charge is 0.497 e. The molecular formula is C22H26N2O5S. The van der Waals surface area contributed by atoms with E-state index >= 15 is 0 Å². The summed E-state index contributed by atoms with van der Waals surface area (Å²) < 4.78 is 37.9. The molecule has 1 N–H and O–H groups in total. The second kappa shape index (κ2) is 8.89. The van der Waals surface area contributed by atoms with Crippen LogP contribution in [0.5, 0.6) is 5.75 Å². The van der Waals surface area contributed by atoms with E-state index in [4.69, 9.17) is 9.15 Å². The highest BCUT2D eigenvalue weighted by Gasteiger charge is 2.24. The minimum absolute atomic E-state index is 0.103. The summed E-state index contributed by atoms with van der Waals surface area (Å²) in [7, 11) is -2.04. The molecule has 2 aromatic carbocycles. The van der Waals surface area contributed by atoms with Crippen LogP contribution in [-0.2, 0) is 21.2 Å². The van der Waals surface area contributed by atoms with Gasteiger partial charge in [-0.2, -0.15) is 4.31 Å². The van der Waals surface area contributed by atoms with Gasteiger partial charge in [-0.1, -0.05) is 19.9 Å². The number of fused-ring (bicyclic) bond motifs is 1. The van der Waals surface area contributed by atoms with E-state index in [0.717, 1.165) is 10.9 Å². The lowest BCUT2D eigenvalue weighted by Crippen LogP contribution is -2.31. The van der Waals surface area contributed by atoms with Crippen LogP contribution in [0.2, 0.25) is 0 Å². The fourth-order valence-corrected chi connectivity index (χ4v) is 5.07. The molecule has 0 fully saturated rings. The van der Waals surface area contributed by atoms with Crippen molar-refractivity contribution in [2.24, 2.45) is 0 Å². The number of rotatable bonds is 8.